The molecule has 0 bridgehead atoms. The molecule has 1 aromatic carbocycles. The number of anilines is 1. The third-order valence-electron chi connectivity index (χ3n) is 2.94. The zero-order chi connectivity index (χ0) is 13.3. The zero-order valence-corrected chi connectivity index (χ0v) is 11.7. The second-order valence-corrected chi connectivity index (χ2v) is 6.45. The van der Waals surface area contributed by atoms with Crippen LogP contribution in [0.2, 0.25) is 0 Å². The number of fused-ring (bicyclic) bond motifs is 1. The summed E-state index contributed by atoms with van der Waals surface area (Å²) in [5, 5.41) is 6.05. The molecule has 0 aliphatic heterocycles. The molecule has 18 heavy (non-hydrogen) atoms. The molecule has 3 N–H and O–H groups in total. The number of amides is 1. The van der Waals surface area contributed by atoms with Crippen LogP contribution in [-0.2, 0) is 4.79 Å². The first kappa shape index (κ1) is 13.1. The summed E-state index contributed by atoms with van der Waals surface area (Å²) in [5.74, 6) is -0.142. The fourth-order valence-corrected chi connectivity index (χ4v) is 2.43. The molecule has 0 saturated carbocycles. The molecule has 2 aromatic rings. The third kappa shape index (κ3) is 2.71. The molecule has 1 amide bonds. The first-order valence-electron chi connectivity index (χ1n) is 5.91. The molecule has 0 fully saturated rings. The van der Waals surface area contributed by atoms with Crippen molar-refractivity contribution in [1.29, 1.82) is 0 Å². The second kappa shape index (κ2) is 4.71. The quantitative estimate of drug-likeness (QED) is 0.873. The number of hydrogen-bond donors (Lipinski definition) is 2. The highest BCUT2D eigenvalue weighted by molar-refractivity contribution is 7.17. The van der Waals surface area contributed by atoms with Gasteiger partial charge in [-0.3, -0.25) is 4.79 Å². The topological polar surface area (TPSA) is 55.1 Å². The van der Waals surface area contributed by atoms with Gasteiger partial charge in [-0.05, 0) is 40.4 Å². The van der Waals surface area contributed by atoms with Gasteiger partial charge in [0.25, 0.3) is 0 Å². The Kier molecular flexibility index (Phi) is 3.41. The molecule has 4 heteroatoms. The van der Waals surface area contributed by atoms with Crippen molar-refractivity contribution in [3.8, 4) is 0 Å². The van der Waals surface area contributed by atoms with Gasteiger partial charge in [-0.15, -0.1) is 11.3 Å². The highest BCUT2D eigenvalue weighted by atomic mass is 32.1. The highest BCUT2D eigenvalue weighted by Crippen LogP contribution is 2.25. The Morgan fingerprint density at radius 1 is 1.33 bits per heavy atom. The van der Waals surface area contributed by atoms with Crippen molar-refractivity contribution in [2.75, 3.05) is 5.32 Å². The molecule has 0 aliphatic carbocycles. The molecule has 96 valence electrons. The molecule has 0 unspecified atom stereocenters. The summed E-state index contributed by atoms with van der Waals surface area (Å²) >= 11 is 1.69. The summed E-state index contributed by atoms with van der Waals surface area (Å²) in [6, 6.07) is 7.42. The van der Waals surface area contributed by atoms with Gasteiger partial charge in [-0.1, -0.05) is 20.8 Å². The number of nitrogens with one attached hydrogen (secondary N) is 1. The first-order chi connectivity index (χ1) is 8.38. The number of nitrogens with two attached hydrogens (primary N) is 1. The van der Waals surface area contributed by atoms with Crippen molar-refractivity contribution in [3.05, 3.63) is 29.6 Å². The summed E-state index contributed by atoms with van der Waals surface area (Å²) in [7, 11) is 0. The number of carbonyl (C=O) groups excluding carboxylic acids is 1. The van der Waals surface area contributed by atoms with Crippen LogP contribution in [0.1, 0.15) is 20.8 Å². The fourth-order valence-electron chi connectivity index (χ4n) is 1.66. The summed E-state index contributed by atoms with van der Waals surface area (Å²) in [5.41, 5.74) is 6.48. The number of carbonyl (C=O) groups is 1. The Hall–Kier alpha value is -1.39. The predicted octanol–water partition coefficient (Wildman–Crippen LogP) is 3.21. The van der Waals surface area contributed by atoms with Crippen molar-refractivity contribution in [3.63, 3.8) is 0 Å². The SMILES string of the molecule is CC(C)(C)[C@H](N)C(=O)Nc1ccc2sccc2c1. The molecular weight excluding hydrogens is 244 g/mol. The lowest BCUT2D eigenvalue weighted by molar-refractivity contribution is -0.119. The van der Waals surface area contributed by atoms with Gasteiger partial charge in [0.1, 0.15) is 0 Å². The minimum Gasteiger partial charge on any atom is -0.325 e. The van der Waals surface area contributed by atoms with Gasteiger partial charge in [0.2, 0.25) is 5.91 Å². The average molecular weight is 262 g/mol. The predicted molar refractivity (Wildman–Crippen MR) is 77.9 cm³/mol. The lowest BCUT2D eigenvalue weighted by Gasteiger charge is -2.25. The standard InChI is InChI=1S/C14H18N2OS/c1-14(2,3)12(15)13(17)16-10-4-5-11-9(8-10)6-7-18-11/h4-8,12H,15H2,1-3H3,(H,16,17)/t12-/m1/s1. The lowest BCUT2D eigenvalue weighted by Crippen LogP contribution is -2.45. The first-order valence-corrected chi connectivity index (χ1v) is 6.79. The summed E-state index contributed by atoms with van der Waals surface area (Å²) in [4.78, 5) is 12.0. The molecule has 1 heterocycles. The van der Waals surface area contributed by atoms with Crippen LogP contribution in [-0.4, -0.2) is 11.9 Å². The molecule has 1 aromatic heterocycles. The van der Waals surface area contributed by atoms with Crippen LogP contribution in [0.15, 0.2) is 29.6 Å². The Morgan fingerprint density at radius 2 is 2.06 bits per heavy atom. The van der Waals surface area contributed by atoms with Gasteiger partial charge < -0.3 is 11.1 Å². The van der Waals surface area contributed by atoms with Crippen LogP contribution >= 0.6 is 11.3 Å². The molecular formula is C14H18N2OS. The summed E-state index contributed by atoms with van der Waals surface area (Å²) < 4.78 is 1.22. The molecule has 0 radical (unpaired) electrons. The molecule has 0 spiro atoms. The van der Waals surface area contributed by atoms with Crippen LogP contribution in [0.4, 0.5) is 5.69 Å². The minimum atomic E-state index is -0.518. The van der Waals surface area contributed by atoms with E-state index >= 15 is 0 Å². The molecule has 2 rings (SSSR count). The van der Waals surface area contributed by atoms with E-state index in [-0.39, 0.29) is 11.3 Å². The Bertz CT molecular complexity index is 568. The van der Waals surface area contributed by atoms with Crippen molar-refractivity contribution < 1.29 is 4.79 Å². The van der Waals surface area contributed by atoms with E-state index in [1.807, 2.05) is 50.4 Å². The van der Waals surface area contributed by atoms with Crippen LogP contribution in [0.25, 0.3) is 10.1 Å². The van der Waals surface area contributed by atoms with Crippen molar-refractivity contribution in [2.24, 2.45) is 11.1 Å². The molecule has 0 aliphatic rings. The van der Waals surface area contributed by atoms with Crippen molar-refractivity contribution >= 4 is 33.0 Å². The van der Waals surface area contributed by atoms with E-state index in [1.165, 1.54) is 4.70 Å². The third-order valence-corrected chi connectivity index (χ3v) is 3.83. The summed E-state index contributed by atoms with van der Waals surface area (Å²) in [6.07, 6.45) is 0. The minimum absolute atomic E-state index is 0.142. The van der Waals surface area contributed by atoms with E-state index in [0.29, 0.717) is 0 Å². The van der Waals surface area contributed by atoms with Crippen LogP contribution in [0, 0.1) is 5.41 Å². The maximum absolute atomic E-state index is 12.0. The highest BCUT2D eigenvalue weighted by Gasteiger charge is 2.27. The average Bonchev–Trinajstić information content (AvgIpc) is 2.73. The van der Waals surface area contributed by atoms with Gasteiger partial charge in [0, 0.05) is 10.4 Å². The number of rotatable bonds is 2. The molecule has 1 atom stereocenters. The fraction of sp³-hybridized carbons (Fsp3) is 0.357. The number of hydrogen-bond acceptors (Lipinski definition) is 3. The van der Waals surface area contributed by atoms with E-state index in [0.717, 1.165) is 11.1 Å². The van der Waals surface area contributed by atoms with Gasteiger partial charge in [-0.25, -0.2) is 0 Å². The van der Waals surface area contributed by atoms with E-state index in [9.17, 15) is 4.79 Å². The van der Waals surface area contributed by atoms with E-state index in [1.54, 1.807) is 11.3 Å². The maximum Gasteiger partial charge on any atom is 0.241 e. The van der Waals surface area contributed by atoms with Crippen LogP contribution < -0.4 is 11.1 Å². The summed E-state index contributed by atoms with van der Waals surface area (Å²) in [6.45, 7) is 5.87. The molecule has 0 saturated heterocycles. The normalized spacial score (nSPS) is 13.6. The van der Waals surface area contributed by atoms with Gasteiger partial charge in [-0.2, -0.15) is 0 Å². The number of thiophene rings is 1. The van der Waals surface area contributed by atoms with E-state index in [4.69, 9.17) is 5.73 Å². The maximum atomic E-state index is 12.0. The van der Waals surface area contributed by atoms with Crippen molar-refractivity contribution in [2.45, 2.75) is 26.8 Å². The van der Waals surface area contributed by atoms with E-state index in [2.05, 4.69) is 5.32 Å². The lowest BCUT2D eigenvalue weighted by atomic mass is 9.87. The van der Waals surface area contributed by atoms with Crippen molar-refractivity contribution in [1.82, 2.24) is 0 Å². The Morgan fingerprint density at radius 3 is 2.72 bits per heavy atom. The van der Waals surface area contributed by atoms with Crippen LogP contribution in [0.5, 0.6) is 0 Å². The van der Waals surface area contributed by atoms with Gasteiger partial charge in [0.05, 0.1) is 6.04 Å². The Labute approximate surface area is 111 Å². The molecule has 3 nitrogen and oxygen atoms in total. The monoisotopic (exact) mass is 262 g/mol. The van der Waals surface area contributed by atoms with Gasteiger partial charge in [0.15, 0.2) is 0 Å². The van der Waals surface area contributed by atoms with E-state index < -0.39 is 6.04 Å². The van der Waals surface area contributed by atoms with Gasteiger partial charge >= 0.3 is 0 Å². The number of benzene rings is 1. The second-order valence-electron chi connectivity index (χ2n) is 5.51. The smallest absolute Gasteiger partial charge is 0.241 e. The largest absolute Gasteiger partial charge is 0.325 e. The Balaban J connectivity index is 2.16. The van der Waals surface area contributed by atoms with Crippen LogP contribution in [0.3, 0.4) is 0 Å². The zero-order valence-electron chi connectivity index (χ0n) is 10.9.